The zero-order valence-electron chi connectivity index (χ0n) is 13.0. The van der Waals surface area contributed by atoms with Crippen molar-refractivity contribution >= 4 is 5.91 Å². The number of nitrogens with zero attached hydrogens (tertiary/aromatic N) is 1. The van der Waals surface area contributed by atoms with Gasteiger partial charge in [0.2, 0.25) is 5.91 Å². The van der Waals surface area contributed by atoms with Crippen molar-refractivity contribution in [2.24, 2.45) is 0 Å². The second-order valence-electron chi connectivity index (χ2n) is 5.81. The average Bonchev–Trinajstić information content (AvgIpc) is 2.53. The summed E-state index contributed by atoms with van der Waals surface area (Å²) in [5, 5.41) is 6.39. The van der Waals surface area contributed by atoms with Gasteiger partial charge in [0.05, 0.1) is 0 Å². The lowest BCUT2D eigenvalue weighted by Gasteiger charge is -2.27. The maximum Gasteiger partial charge on any atom is 0.220 e. The third-order valence-corrected chi connectivity index (χ3v) is 4.04. The highest BCUT2D eigenvalue weighted by atomic mass is 16.1. The lowest BCUT2D eigenvalue weighted by Crippen LogP contribution is -2.44. The molecule has 1 fully saturated rings. The first-order valence-electron chi connectivity index (χ1n) is 8.00. The Kier molecular flexibility index (Phi) is 6.70. The molecule has 1 atom stereocenters. The Labute approximate surface area is 127 Å². The van der Waals surface area contributed by atoms with Gasteiger partial charge in [-0.2, -0.15) is 0 Å². The van der Waals surface area contributed by atoms with E-state index in [1.165, 1.54) is 5.56 Å². The van der Waals surface area contributed by atoms with Crippen LogP contribution in [0.3, 0.4) is 0 Å². The second kappa shape index (κ2) is 8.80. The van der Waals surface area contributed by atoms with Gasteiger partial charge in [0.15, 0.2) is 0 Å². The summed E-state index contributed by atoms with van der Waals surface area (Å²) in [5.74, 6) is 0.436. The molecular formula is C17H27N3O. The number of amides is 1. The molecular weight excluding hydrogens is 262 g/mol. The zero-order chi connectivity index (χ0) is 14.9. The van der Waals surface area contributed by atoms with Crippen molar-refractivity contribution < 1.29 is 4.79 Å². The molecule has 0 radical (unpaired) electrons. The minimum atomic E-state index is 0.159. The first-order valence-corrected chi connectivity index (χ1v) is 8.00. The molecule has 0 aromatic heterocycles. The molecule has 1 unspecified atom stereocenters. The summed E-state index contributed by atoms with van der Waals surface area (Å²) in [6, 6.07) is 10.2. The van der Waals surface area contributed by atoms with Crippen LogP contribution in [-0.2, 0) is 4.79 Å². The highest BCUT2D eigenvalue weighted by Crippen LogP contribution is 2.17. The molecule has 2 rings (SSSR count). The SMILES string of the molecule is CC(CC(=O)NCCCN1CCNCC1)c1ccccc1. The Balaban J connectivity index is 1.59. The van der Waals surface area contributed by atoms with E-state index in [-0.39, 0.29) is 11.8 Å². The van der Waals surface area contributed by atoms with Gasteiger partial charge in [-0.1, -0.05) is 37.3 Å². The maximum atomic E-state index is 11.9. The Morgan fingerprint density at radius 1 is 1.29 bits per heavy atom. The molecule has 1 heterocycles. The topological polar surface area (TPSA) is 44.4 Å². The number of benzene rings is 1. The predicted octanol–water partition coefficient (Wildman–Crippen LogP) is 1.59. The number of carbonyl (C=O) groups is 1. The van der Waals surface area contributed by atoms with Crippen LogP contribution in [0.1, 0.15) is 31.2 Å². The van der Waals surface area contributed by atoms with Crippen molar-refractivity contribution in [1.82, 2.24) is 15.5 Å². The van der Waals surface area contributed by atoms with Gasteiger partial charge >= 0.3 is 0 Å². The van der Waals surface area contributed by atoms with Crippen LogP contribution in [0, 0.1) is 0 Å². The molecule has 21 heavy (non-hydrogen) atoms. The van der Waals surface area contributed by atoms with Crippen LogP contribution in [0.25, 0.3) is 0 Å². The molecule has 1 saturated heterocycles. The minimum Gasteiger partial charge on any atom is -0.356 e. The molecule has 0 bridgehead atoms. The van der Waals surface area contributed by atoms with Gasteiger partial charge < -0.3 is 15.5 Å². The molecule has 0 spiro atoms. The van der Waals surface area contributed by atoms with Gasteiger partial charge in [-0.3, -0.25) is 4.79 Å². The molecule has 1 aromatic rings. The number of carbonyl (C=O) groups excluding carboxylic acids is 1. The third kappa shape index (κ3) is 5.86. The van der Waals surface area contributed by atoms with Gasteiger partial charge in [0.1, 0.15) is 0 Å². The molecule has 4 nitrogen and oxygen atoms in total. The van der Waals surface area contributed by atoms with E-state index in [0.717, 1.165) is 45.7 Å². The van der Waals surface area contributed by atoms with Crippen LogP contribution in [-0.4, -0.2) is 50.1 Å². The quantitative estimate of drug-likeness (QED) is 0.749. The van der Waals surface area contributed by atoms with Crippen molar-refractivity contribution in [2.45, 2.75) is 25.7 Å². The number of hydrogen-bond donors (Lipinski definition) is 2. The van der Waals surface area contributed by atoms with E-state index in [2.05, 4.69) is 34.6 Å². The van der Waals surface area contributed by atoms with Crippen molar-refractivity contribution in [2.75, 3.05) is 39.3 Å². The van der Waals surface area contributed by atoms with Crippen LogP contribution in [0.2, 0.25) is 0 Å². The summed E-state index contributed by atoms with van der Waals surface area (Å²) in [6.45, 7) is 8.38. The Bertz CT molecular complexity index is 415. The van der Waals surface area contributed by atoms with E-state index in [9.17, 15) is 4.79 Å². The Hall–Kier alpha value is -1.39. The zero-order valence-corrected chi connectivity index (χ0v) is 13.0. The summed E-state index contributed by atoms with van der Waals surface area (Å²) in [7, 11) is 0. The predicted molar refractivity (Wildman–Crippen MR) is 86.4 cm³/mol. The molecule has 1 aliphatic rings. The highest BCUT2D eigenvalue weighted by molar-refractivity contribution is 5.76. The Morgan fingerprint density at radius 2 is 2.00 bits per heavy atom. The van der Waals surface area contributed by atoms with E-state index < -0.39 is 0 Å². The van der Waals surface area contributed by atoms with Gasteiger partial charge in [-0.15, -0.1) is 0 Å². The van der Waals surface area contributed by atoms with Gasteiger partial charge in [-0.25, -0.2) is 0 Å². The summed E-state index contributed by atoms with van der Waals surface area (Å²) >= 11 is 0. The van der Waals surface area contributed by atoms with Crippen molar-refractivity contribution in [3.63, 3.8) is 0 Å². The van der Waals surface area contributed by atoms with E-state index in [0.29, 0.717) is 6.42 Å². The van der Waals surface area contributed by atoms with Crippen LogP contribution in [0.5, 0.6) is 0 Å². The standard InChI is InChI=1S/C17H27N3O/c1-15(16-6-3-2-4-7-16)14-17(21)19-8-5-11-20-12-9-18-10-13-20/h2-4,6-7,15,18H,5,8-14H2,1H3,(H,19,21). The monoisotopic (exact) mass is 289 g/mol. The molecule has 116 valence electrons. The van der Waals surface area contributed by atoms with Gasteiger partial charge in [-0.05, 0) is 24.4 Å². The van der Waals surface area contributed by atoms with E-state index >= 15 is 0 Å². The normalized spacial score (nSPS) is 17.4. The second-order valence-corrected chi connectivity index (χ2v) is 5.81. The molecule has 1 aliphatic heterocycles. The van der Waals surface area contributed by atoms with E-state index in [4.69, 9.17) is 0 Å². The minimum absolute atomic E-state index is 0.159. The molecule has 0 aliphatic carbocycles. The van der Waals surface area contributed by atoms with Crippen molar-refractivity contribution in [1.29, 1.82) is 0 Å². The fraction of sp³-hybridized carbons (Fsp3) is 0.588. The van der Waals surface area contributed by atoms with Crippen LogP contribution >= 0.6 is 0 Å². The maximum absolute atomic E-state index is 11.9. The summed E-state index contributed by atoms with van der Waals surface area (Å²) in [5.41, 5.74) is 1.23. The molecule has 0 saturated carbocycles. The molecule has 4 heteroatoms. The lowest BCUT2D eigenvalue weighted by molar-refractivity contribution is -0.121. The average molecular weight is 289 g/mol. The fourth-order valence-electron chi connectivity index (χ4n) is 2.71. The number of piperazine rings is 1. The van der Waals surface area contributed by atoms with Crippen LogP contribution < -0.4 is 10.6 Å². The van der Waals surface area contributed by atoms with Crippen LogP contribution in [0.4, 0.5) is 0 Å². The van der Waals surface area contributed by atoms with Crippen molar-refractivity contribution in [3.05, 3.63) is 35.9 Å². The highest BCUT2D eigenvalue weighted by Gasteiger charge is 2.11. The summed E-state index contributed by atoms with van der Waals surface area (Å²) < 4.78 is 0. The number of rotatable bonds is 7. The third-order valence-electron chi connectivity index (χ3n) is 4.04. The smallest absolute Gasteiger partial charge is 0.220 e. The largest absolute Gasteiger partial charge is 0.356 e. The number of nitrogens with one attached hydrogen (secondary N) is 2. The fourth-order valence-corrected chi connectivity index (χ4v) is 2.71. The summed E-state index contributed by atoms with van der Waals surface area (Å²) in [6.07, 6.45) is 1.60. The van der Waals surface area contributed by atoms with Crippen molar-refractivity contribution in [3.8, 4) is 0 Å². The van der Waals surface area contributed by atoms with E-state index in [1.54, 1.807) is 0 Å². The molecule has 1 amide bonds. The first kappa shape index (κ1) is 16.0. The summed E-state index contributed by atoms with van der Waals surface area (Å²) in [4.78, 5) is 14.4. The van der Waals surface area contributed by atoms with Gasteiger partial charge in [0.25, 0.3) is 0 Å². The molecule has 1 aromatic carbocycles. The lowest BCUT2D eigenvalue weighted by atomic mass is 9.97. The first-order chi connectivity index (χ1) is 10.3. The van der Waals surface area contributed by atoms with Gasteiger partial charge in [0, 0.05) is 39.1 Å². The Morgan fingerprint density at radius 3 is 2.71 bits per heavy atom. The van der Waals surface area contributed by atoms with Crippen LogP contribution in [0.15, 0.2) is 30.3 Å². The van der Waals surface area contributed by atoms with E-state index in [1.807, 2.05) is 18.2 Å². The number of hydrogen-bond acceptors (Lipinski definition) is 3. The molecule has 2 N–H and O–H groups in total.